The molecule has 2 N–H and O–H groups in total. The van der Waals surface area contributed by atoms with Gasteiger partial charge in [0.15, 0.2) is 0 Å². The summed E-state index contributed by atoms with van der Waals surface area (Å²) < 4.78 is 1.75. The van der Waals surface area contributed by atoms with Gasteiger partial charge in [0.1, 0.15) is 5.69 Å². The number of aryl methyl sites for hydroxylation is 1. The van der Waals surface area contributed by atoms with Crippen molar-refractivity contribution in [1.82, 2.24) is 25.1 Å². The average molecular weight is 331 g/mol. The molecule has 0 aliphatic rings. The number of amides is 1. The number of aromatic amines is 1. The molecule has 0 spiro atoms. The molecule has 0 atom stereocenters. The highest BCUT2D eigenvalue weighted by atomic mass is 16.1. The van der Waals surface area contributed by atoms with Gasteiger partial charge in [-0.3, -0.25) is 14.5 Å². The molecule has 3 aromatic heterocycles. The Morgan fingerprint density at radius 1 is 1.16 bits per heavy atom. The molecule has 1 amide bonds. The summed E-state index contributed by atoms with van der Waals surface area (Å²) in [5, 5.41) is 8.12. The van der Waals surface area contributed by atoms with Crippen LogP contribution >= 0.6 is 0 Å². The van der Waals surface area contributed by atoms with Gasteiger partial charge in [-0.1, -0.05) is 18.2 Å². The van der Waals surface area contributed by atoms with E-state index in [0.717, 1.165) is 27.6 Å². The van der Waals surface area contributed by atoms with Gasteiger partial charge in [-0.2, -0.15) is 5.10 Å². The number of hydrogen-bond donors (Lipinski definition) is 2. The molecule has 4 aromatic rings. The molecule has 1 aromatic carbocycles. The maximum absolute atomic E-state index is 12.4. The summed E-state index contributed by atoms with van der Waals surface area (Å²) in [7, 11) is 1.88. The number of H-pyrrole nitrogens is 1. The molecule has 0 fully saturated rings. The Kier molecular flexibility index (Phi) is 3.78. The first-order valence-electron chi connectivity index (χ1n) is 7.98. The minimum atomic E-state index is -0.136. The average Bonchev–Trinajstić information content (AvgIpc) is 3.26. The van der Waals surface area contributed by atoms with Gasteiger partial charge in [0.25, 0.3) is 5.91 Å². The molecule has 0 aliphatic carbocycles. The number of nitrogens with one attached hydrogen (secondary N) is 2. The van der Waals surface area contributed by atoms with Gasteiger partial charge >= 0.3 is 0 Å². The summed E-state index contributed by atoms with van der Waals surface area (Å²) in [5.41, 5.74) is 4.42. The standard InChI is InChI=1S/C19H17N5O/c1-24-12-16(11-22-24)15-6-13(8-20-10-15)9-21-19(25)18-7-14-4-2-3-5-17(14)23-18/h2-8,10-12,23H,9H2,1H3,(H,21,25). The lowest BCUT2D eigenvalue weighted by Crippen LogP contribution is -2.23. The van der Waals surface area contributed by atoms with E-state index in [-0.39, 0.29) is 5.91 Å². The smallest absolute Gasteiger partial charge is 0.267 e. The van der Waals surface area contributed by atoms with Crippen LogP contribution in [0.15, 0.2) is 61.2 Å². The van der Waals surface area contributed by atoms with Crippen LogP contribution in [0.1, 0.15) is 16.1 Å². The summed E-state index contributed by atoms with van der Waals surface area (Å²) in [6.45, 7) is 0.412. The second kappa shape index (κ2) is 6.24. The van der Waals surface area contributed by atoms with Crippen LogP contribution in [-0.4, -0.2) is 25.7 Å². The van der Waals surface area contributed by atoms with Gasteiger partial charge in [-0.05, 0) is 23.8 Å². The summed E-state index contributed by atoms with van der Waals surface area (Å²) in [5.74, 6) is -0.136. The second-order valence-electron chi connectivity index (χ2n) is 5.94. The Bertz CT molecular complexity index is 1010. The lowest BCUT2D eigenvalue weighted by Gasteiger charge is -2.05. The second-order valence-corrected chi connectivity index (χ2v) is 5.94. The van der Waals surface area contributed by atoms with Crippen molar-refractivity contribution in [3.63, 3.8) is 0 Å². The SMILES string of the molecule is Cn1cc(-c2cncc(CNC(=O)c3cc4ccccc4[nH]3)c2)cn1. The molecule has 0 unspecified atom stereocenters. The van der Waals surface area contributed by atoms with Crippen molar-refractivity contribution in [3.8, 4) is 11.1 Å². The molecular formula is C19H17N5O. The van der Waals surface area contributed by atoms with Crippen molar-refractivity contribution >= 4 is 16.8 Å². The molecule has 0 saturated heterocycles. The third kappa shape index (κ3) is 3.14. The minimum absolute atomic E-state index is 0.136. The Balaban J connectivity index is 1.48. The zero-order valence-electron chi connectivity index (χ0n) is 13.7. The maximum Gasteiger partial charge on any atom is 0.267 e. The largest absolute Gasteiger partial charge is 0.351 e. The van der Waals surface area contributed by atoms with Crippen LogP contribution in [0.5, 0.6) is 0 Å². The molecule has 6 heteroatoms. The number of rotatable bonds is 4. The van der Waals surface area contributed by atoms with Gasteiger partial charge in [0.2, 0.25) is 0 Å². The Labute approximate surface area is 144 Å². The highest BCUT2D eigenvalue weighted by molar-refractivity contribution is 5.97. The Morgan fingerprint density at radius 3 is 2.84 bits per heavy atom. The number of hydrogen-bond acceptors (Lipinski definition) is 3. The van der Waals surface area contributed by atoms with E-state index in [9.17, 15) is 4.79 Å². The van der Waals surface area contributed by atoms with Crippen molar-refractivity contribution in [1.29, 1.82) is 0 Å². The Morgan fingerprint density at radius 2 is 2.04 bits per heavy atom. The fourth-order valence-electron chi connectivity index (χ4n) is 2.79. The van der Waals surface area contributed by atoms with Crippen LogP contribution in [0.3, 0.4) is 0 Å². The number of benzene rings is 1. The summed E-state index contributed by atoms with van der Waals surface area (Å²) in [6.07, 6.45) is 7.28. The molecular weight excluding hydrogens is 314 g/mol. The monoisotopic (exact) mass is 331 g/mol. The molecule has 4 rings (SSSR count). The van der Waals surface area contributed by atoms with Gasteiger partial charge < -0.3 is 10.3 Å². The van der Waals surface area contributed by atoms with E-state index in [0.29, 0.717) is 12.2 Å². The molecule has 0 bridgehead atoms. The third-order valence-electron chi connectivity index (χ3n) is 4.06. The van der Waals surface area contributed by atoms with E-state index >= 15 is 0 Å². The van der Waals surface area contributed by atoms with Crippen LogP contribution < -0.4 is 5.32 Å². The zero-order chi connectivity index (χ0) is 17.2. The number of nitrogens with zero attached hydrogens (tertiary/aromatic N) is 3. The summed E-state index contributed by atoms with van der Waals surface area (Å²) in [4.78, 5) is 19.8. The number of pyridine rings is 1. The van der Waals surface area contributed by atoms with Crippen LogP contribution in [0, 0.1) is 0 Å². The zero-order valence-corrected chi connectivity index (χ0v) is 13.7. The third-order valence-corrected chi connectivity index (χ3v) is 4.06. The first kappa shape index (κ1) is 15.1. The minimum Gasteiger partial charge on any atom is -0.351 e. The van der Waals surface area contributed by atoms with E-state index in [2.05, 4.69) is 20.4 Å². The fourth-order valence-corrected chi connectivity index (χ4v) is 2.79. The number of fused-ring (bicyclic) bond motifs is 1. The summed E-state index contributed by atoms with van der Waals surface area (Å²) in [6, 6.07) is 11.7. The van der Waals surface area contributed by atoms with Gasteiger partial charge in [0, 0.05) is 54.2 Å². The van der Waals surface area contributed by atoms with Gasteiger partial charge in [-0.15, -0.1) is 0 Å². The van der Waals surface area contributed by atoms with E-state index in [1.54, 1.807) is 23.3 Å². The van der Waals surface area contributed by atoms with Crippen LogP contribution in [0.4, 0.5) is 0 Å². The molecule has 0 radical (unpaired) electrons. The Hall–Kier alpha value is -3.41. The molecule has 0 saturated carbocycles. The predicted octanol–water partition coefficient (Wildman–Crippen LogP) is 2.89. The lowest BCUT2D eigenvalue weighted by molar-refractivity contribution is 0.0946. The first-order valence-corrected chi connectivity index (χ1v) is 7.98. The molecule has 124 valence electrons. The fraction of sp³-hybridized carbons (Fsp3) is 0.105. The van der Waals surface area contributed by atoms with Crippen molar-refractivity contribution in [2.45, 2.75) is 6.54 Å². The maximum atomic E-state index is 12.4. The molecule has 0 aliphatic heterocycles. The van der Waals surface area contributed by atoms with Crippen LogP contribution in [-0.2, 0) is 13.6 Å². The van der Waals surface area contributed by atoms with E-state index in [1.165, 1.54) is 0 Å². The molecule has 25 heavy (non-hydrogen) atoms. The van der Waals surface area contributed by atoms with E-state index < -0.39 is 0 Å². The number of para-hydroxylation sites is 1. The lowest BCUT2D eigenvalue weighted by atomic mass is 10.1. The number of aromatic nitrogens is 4. The first-order chi connectivity index (χ1) is 12.2. The van der Waals surface area contributed by atoms with Crippen LogP contribution in [0.2, 0.25) is 0 Å². The van der Waals surface area contributed by atoms with E-state index in [1.807, 2.05) is 49.6 Å². The van der Waals surface area contributed by atoms with Crippen LogP contribution in [0.25, 0.3) is 22.0 Å². The van der Waals surface area contributed by atoms with Gasteiger partial charge in [-0.25, -0.2) is 0 Å². The highest BCUT2D eigenvalue weighted by Gasteiger charge is 2.09. The van der Waals surface area contributed by atoms with E-state index in [4.69, 9.17) is 0 Å². The molecule has 3 heterocycles. The van der Waals surface area contributed by atoms with Crippen molar-refractivity contribution < 1.29 is 4.79 Å². The predicted molar refractivity (Wildman–Crippen MR) is 95.9 cm³/mol. The molecule has 6 nitrogen and oxygen atoms in total. The van der Waals surface area contributed by atoms with Crippen molar-refractivity contribution in [3.05, 3.63) is 72.4 Å². The van der Waals surface area contributed by atoms with Gasteiger partial charge in [0.05, 0.1) is 6.20 Å². The quantitative estimate of drug-likeness (QED) is 0.604. The van der Waals surface area contributed by atoms with Crippen molar-refractivity contribution in [2.24, 2.45) is 7.05 Å². The topological polar surface area (TPSA) is 75.6 Å². The normalized spacial score (nSPS) is 10.9. The number of carbonyl (C=O) groups excluding carboxylic acids is 1. The highest BCUT2D eigenvalue weighted by Crippen LogP contribution is 2.18. The van der Waals surface area contributed by atoms with Crippen molar-refractivity contribution in [2.75, 3.05) is 0 Å². The summed E-state index contributed by atoms with van der Waals surface area (Å²) >= 11 is 0. The number of carbonyl (C=O) groups is 1.